The summed E-state index contributed by atoms with van der Waals surface area (Å²) in [6, 6.07) is 3.01. The molecule has 0 unspecified atom stereocenters. The number of nitro groups is 1. The number of rotatable bonds is 6. The number of nitrogens with zero attached hydrogens (tertiary/aromatic N) is 3. The van der Waals surface area contributed by atoms with Crippen LogP contribution in [0.1, 0.15) is 5.56 Å². The first-order valence-corrected chi connectivity index (χ1v) is 7.28. The van der Waals surface area contributed by atoms with E-state index in [1.54, 1.807) is 0 Å². The van der Waals surface area contributed by atoms with E-state index in [9.17, 15) is 20.0 Å². The summed E-state index contributed by atoms with van der Waals surface area (Å²) in [7, 11) is 1.37. The fraction of sp³-hybridized carbons (Fsp3) is 0.154. The first-order chi connectivity index (χ1) is 11.4. The maximum atomic E-state index is 11.7. The Morgan fingerprint density at radius 3 is 2.96 bits per heavy atom. The summed E-state index contributed by atoms with van der Waals surface area (Å²) in [5.74, 6) is -0.630. The van der Waals surface area contributed by atoms with E-state index in [0.717, 1.165) is 0 Å². The molecule has 0 saturated carbocycles. The largest absolute Gasteiger partial charge is 0.869 e. The topological polar surface area (TPSA) is 137 Å². The molecule has 0 aliphatic rings. The maximum absolute atomic E-state index is 11.7. The molecule has 0 aliphatic carbocycles. The van der Waals surface area contributed by atoms with Crippen LogP contribution in [0, 0.1) is 10.1 Å². The summed E-state index contributed by atoms with van der Waals surface area (Å²) in [4.78, 5) is 21.7. The molecule has 0 radical (unpaired) electrons. The zero-order chi connectivity index (χ0) is 17.7. The van der Waals surface area contributed by atoms with E-state index in [0.29, 0.717) is 10.0 Å². The summed E-state index contributed by atoms with van der Waals surface area (Å²) in [6.07, 6.45) is 3.70. The summed E-state index contributed by atoms with van der Waals surface area (Å²) in [5.41, 5.74) is 2.67. The first-order valence-electron chi connectivity index (χ1n) is 6.49. The summed E-state index contributed by atoms with van der Waals surface area (Å²) >= 11 is 3.11. The first kappa shape index (κ1) is 17.4. The van der Waals surface area contributed by atoms with Crippen molar-refractivity contribution in [1.29, 1.82) is 0 Å². The third kappa shape index (κ3) is 4.29. The minimum Gasteiger partial charge on any atom is -0.869 e. The molecule has 0 aliphatic heterocycles. The molecule has 10 nitrogen and oxygen atoms in total. The SMILES string of the molecule is COc1cc(C=NNC(=O)C[n+]2cc([N+](=O)[O-])c[nH]2)cc(Br)c1[O-]. The van der Waals surface area contributed by atoms with E-state index in [2.05, 4.69) is 31.6 Å². The Morgan fingerprint density at radius 1 is 1.58 bits per heavy atom. The monoisotopic (exact) mass is 397 g/mol. The Kier molecular flexibility index (Phi) is 5.47. The molecule has 0 saturated heterocycles. The Morgan fingerprint density at radius 2 is 2.33 bits per heavy atom. The molecular formula is C13H12BrN5O5. The Labute approximate surface area is 144 Å². The van der Waals surface area contributed by atoms with Gasteiger partial charge in [-0.2, -0.15) is 10.2 Å². The van der Waals surface area contributed by atoms with Crippen LogP contribution in [-0.2, 0) is 11.3 Å². The van der Waals surface area contributed by atoms with Crippen molar-refractivity contribution in [2.45, 2.75) is 6.54 Å². The smallest absolute Gasteiger partial charge is 0.355 e. The number of carbonyl (C=O) groups excluding carboxylic acids is 1. The second kappa shape index (κ2) is 7.55. The van der Waals surface area contributed by atoms with E-state index < -0.39 is 10.8 Å². The quantitative estimate of drug-likeness (QED) is 0.310. The van der Waals surface area contributed by atoms with Crippen molar-refractivity contribution >= 4 is 33.7 Å². The Hall–Kier alpha value is -2.95. The molecule has 1 heterocycles. The highest BCUT2D eigenvalue weighted by Gasteiger charge is 2.17. The average Bonchev–Trinajstić information content (AvgIpc) is 2.99. The molecule has 0 bridgehead atoms. The number of benzene rings is 1. The number of amides is 1. The number of aromatic amines is 1. The zero-order valence-electron chi connectivity index (χ0n) is 12.4. The van der Waals surface area contributed by atoms with Crippen molar-refractivity contribution in [3.05, 3.63) is 44.7 Å². The van der Waals surface area contributed by atoms with Crippen LogP contribution in [0.4, 0.5) is 5.69 Å². The number of hydrogen-bond donors (Lipinski definition) is 2. The fourth-order valence-corrected chi connectivity index (χ4v) is 2.22. The molecule has 0 fully saturated rings. The van der Waals surface area contributed by atoms with Gasteiger partial charge in [0.1, 0.15) is 11.9 Å². The normalized spacial score (nSPS) is 10.8. The fourth-order valence-electron chi connectivity index (χ4n) is 1.76. The Bertz CT molecular complexity index is 804. The summed E-state index contributed by atoms with van der Waals surface area (Å²) < 4.78 is 6.49. The minimum atomic E-state index is -0.575. The predicted octanol–water partition coefficient (Wildman–Crippen LogP) is 0.205. The molecule has 11 heteroatoms. The minimum absolute atomic E-state index is 0.145. The van der Waals surface area contributed by atoms with Gasteiger partial charge in [-0.3, -0.25) is 14.9 Å². The van der Waals surface area contributed by atoms with Crippen molar-refractivity contribution in [2.75, 3.05) is 7.11 Å². The van der Waals surface area contributed by atoms with Crippen LogP contribution in [0.25, 0.3) is 0 Å². The van der Waals surface area contributed by atoms with E-state index in [-0.39, 0.29) is 23.7 Å². The van der Waals surface area contributed by atoms with Crippen LogP contribution in [0.5, 0.6) is 11.5 Å². The molecule has 2 rings (SSSR count). The van der Waals surface area contributed by atoms with Crippen LogP contribution in [-0.4, -0.2) is 29.3 Å². The third-order valence-corrected chi connectivity index (χ3v) is 3.43. The molecule has 1 aromatic heterocycles. The lowest BCUT2D eigenvalue weighted by atomic mass is 10.2. The molecule has 24 heavy (non-hydrogen) atoms. The second-order valence-electron chi connectivity index (χ2n) is 4.54. The number of methoxy groups -OCH3 is 1. The number of nitrogens with one attached hydrogen (secondary N) is 2. The summed E-state index contributed by atoms with van der Waals surface area (Å²) in [5, 5.41) is 28.5. The number of hydrogen-bond acceptors (Lipinski definition) is 6. The lowest BCUT2D eigenvalue weighted by Gasteiger charge is -2.14. The molecule has 2 aromatic rings. The molecule has 2 N–H and O–H groups in total. The van der Waals surface area contributed by atoms with E-state index >= 15 is 0 Å². The van der Waals surface area contributed by atoms with Crippen LogP contribution < -0.4 is 20.0 Å². The molecule has 0 atom stereocenters. The van der Waals surface area contributed by atoms with Crippen LogP contribution in [0.15, 0.2) is 34.1 Å². The van der Waals surface area contributed by atoms with Crippen molar-refractivity contribution < 1.29 is 24.2 Å². The van der Waals surface area contributed by atoms with Gasteiger partial charge in [0.25, 0.3) is 12.7 Å². The van der Waals surface area contributed by atoms with Gasteiger partial charge in [-0.1, -0.05) is 21.7 Å². The van der Waals surface area contributed by atoms with Crippen molar-refractivity contribution in [3.63, 3.8) is 0 Å². The van der Waals surface area contributed by atoms with E-state index in [4.69, 9.17) is 4.74 Å². The summed E-state index contributed by atoms with van der Waals surface area (Å²) in [6.45, 7) is -0.169. The van der Waals surface area contributed by atoms with Gasteiger partial charge in [0.2, 0.25) is 0 Å². The van der Waals surface area contributed by atoms with Crippen molar-refractivity contribution in [2.24, 2.45) is 5.10 Å². The molecule has 126 valence electrons. The van der Waals surface area contributed by atoms with E-state index in [1.165, 1.54) is 42.5 Å². The lowest BCUT2D eigenvalue weighted by Crippen LogP contribution is -2.42. The van der Waals surface area contributed by atoms with Crippen LogP contribution >= 0.6 is 15.9 Å². The molecular weight excluding hydrogens is 386 g/mol. The van der Waals surface area contributed by atoms with Gasteiger partial charge in [-0.05, 0) is 17.7 Å². The number of ether oxygens (including phenoxy) is 1. The van der Waals surface area contributed by atoms with Gasteiger partial charge < -0.3 is 9.84 Å². The zero-order valence-corrected chi connectivity index (χ0v) is 13.9. The second-order valence-corrected chi connectivity index (χ2v) is 5.39. The number of aromatic nitrogens is 2. The number of H-pyrrole nitrogens is 1. The predicted molar refractivity (Wildman–Crippen MR) is 83.5 cm³/mol. The standard InChI is InChI=1S/C13H12BrN5O5/c1-24-11-3-8(2-10(14)13(11)21)4-15-17-12(20)7-18-6-9(5-16-18)19(22)23/h2-6H,7H2,1H3,(H2,15,17,20,21). The van der Waals surface area contributed by atoms with Gasteiger partial charge in [-0.15, -0.1) is 4.68 Å². The Balaban J connectivity index is 1.97. The molecule has 1 amide bonds. The number of hydrazone groups is 1. The van der Waals surface area contributed by atoms with Crippen LogP contribution in [0.2, 0.25) is 0 Å². The van der Waals surface area contributed by atoms with Gasteiger partial charge in [0, 0.05) is 4.47 Å². The van der Waals surface area contributed by atoms with Gasteiger partial charge in [0.15, 0.2) is 0 Å². The van der Waals surface area contributed by atoms with Gasteiger partial charge in [-0.25, -0.2) is 5.43 Å². The van der Waals surface area contributed by atoms with Gasteiger partial charge in [0.05, 0.1) is 18.2 Å². The number of halogens is 1. The maximum Gasteiger partial charge on any atom is 0.355 e. The highest BCUT2D eigenvalue weighted by molar-refractivity contribution is 9.10. The van der Waals surface area contributed by atoms with Crippen molar-refractivity contribution in [3.8, 4) is 11.5 Å². The highest BCUT2D eigenvalue weighted by atomic mass is 79.9. The molecule has 0 spiro atoms. The van der Waals surface area contributed by atoms with E-state index in [1.807, 2.05) is 0 Å². The lowest BCUT2D eigenvalue weighted by molar-refractivity contribution is -0.739. The number of carbonyl (C=O) groups is 1. The highest BCUT2D eigenvalue weighted by Crippen LogP contribution is 2.32. The van der Waals surface area contributed by atoms with Crippen molar-refractivity contribution in [1.82, 2.24) is 10.5 Å². The third-order valence-electron chi connectivity index (χ3n) is 2.85. The molecule has 1 aromatic carbocycles. The van der Waals surface area contributed by atoms with Crippen LogP contribution in [0.3, 0.4) is 0 Å². The average molecular weight is 398 g/mol. The van der Waals surface area contributed by atoms with Gasteiger partial charge >= 0.3 is 11.6 Å².